The fourth-order valence-corrected chi connectivity index (χ4v) is 1.87. The number of amides is 1. The molecule has 0 saturated heterocycles. The number of aromatic nitrogens is 2. The van der Waals surface area contributed by atoms with Gasteiger partial charge in [-0.1, -0.05) is 0 Å². The highest BCUT2D eigenvalue weighted by atomic mass is 16.5. The molecule has 1 aromatic heterocycles. The molecule has 0 saturated carbocycles. The third-order valence-electron chi connectivity index (χ3n) is 2.86. The maximum atomic E-state index is 11.3. The molecule has 6 nitrogen and oxygen atoms in total. The number of nitrogens with zero attached hydrogens (tertiary/aromatic N) is 2. The van der Waals surface area contributed by atoms with Crippen molar-refractivity contribution in [1.29, 1.82) is 0 Å². The Bertz CT molecular complexity index is 619. The Hall–Kier alpha value is -2.34. The van der Waals surface area contributed by atoms with Gasteiger partial charge in [0.1, 0.15) is 12.4 Å². The Kier molecular flexibility index (Phi) is 4.05. The third-order valence-corrected chi connectivity index (χ3v) is 2.86. The predicted octanol–water partition coefficient (Wildman–Crippen LogP) is 0.912. The zero-order valence-electron chi connectivity index (χ0n) is 11.5. The number of hydrogen-bond acceptors (Lipinski definition) is 4. The second-order valence-electron chi connectivity index (χ2n) is 4.70. The van der Waals surface area contributed by atoms with Gasteiger partial charge < -0.3 is 16.2 Å². The van der Waals surface area contributed by atoms with Crippen LogP contribution >= 0.6 is 0 Å². The summed E-state index contributed by atoms with van der Waals surface area (Å²) in [7, 11) is 1.82. The minimum absolute atomic E-state index is 0.0785. The van der Waals surface area contributed by atoms with Crippen LogP contribution in [0.5, 0.6) is 5.75 Å². The molecule has 0 aliphatic heterocycles. The van der Waals surface area contributed by atoms with E-state index in [-0.39, 0.29) is 6.04 Å². The lowest BCUT2D eigenvalue weighted by atomic mass is 10.1. The molecule has 20 heavy (non-hydrogen) atoms. The lowest BCUT2D eigenvalue weighted by molar-refractivity contribution is 0.100. The first-order chi connectivity index (χ1) is 9.49. The SMILES string of the molecule is C[C@@H](N)COc1ccc(C(N)=O)cc1-c1ccnn1C. The Morgan fingerprint density at radius 3 is 2.75 bits per heavy atom. The van der Waals surface area contributed by atoms with Gasteiger partial charge >= 0.3 is 0 Å². The van der Waals surface area contributed by atoms with Crippen molar-refractivity contribution in [1.82, 2.24) is 9.78 Å². The van der Waals surface area contributed by atoms with Gasteiger partial charge in [0.2, 0.25) is 5.91 Å². The van der Waals surface area contributed by atoms with Crippen LogP contribution in [0, 0.1) is 0 Å². The number of carbonyl (C=O) groups excluding carboxylic acids is 1. The average Bonchev–Trinajstić information content (AvgIpc) is 2.82. The number of carbonyl (C=O) groups is 1. The van der Waals surface area contributed by atoms with E-state index in [0.29, 0.717) is 17.9 Å². The summed E-state index contributed by atoms with van der Waals surface area (Å²) in [5.74, 6) is 0.170. The summed E-state index contributed by atoms with van der Waals surface area (Å²) in [4.78, 5) is 11.3. The van der Waals surface area contributed by atoms with Crippen LogP contribution in [0.2, 0.25) is 0 Å². The third kappa shape index (κ3) is 2.97. The number of primary amides is 1. The van der Waals surface area contributed by atoms with E-state index < -0.39 is 5.91 Å². The Morgan fingerprint density at radius 2 is 2.20 bits per heavy atom. The van der Waals surface area contributed by atoms with E-state index in [1.165, 1.54) is 0 Å². The number of ether oxygens (including phenoxy) is 1. The minimum atomic E-state index is -0.479. The second kappa shape index (κ2) is 5.75. The van der Waals surface area contributed by atoms with Gasteiger partial charge in [-0.05, 0) is 31.2 Å². The van der Waals surface area contributed by atoms with Gasteiger partial charge in [0.05, 0.1) is 5.69 Å². The average molecular weight is 274 g/mol. The molecule has 6 heteroatoms. The number of aryl methyl sites for hydroxylation is 1. The summed E-state index contributed by atoms with van der Waals surface area (Å²) < 4.78 is 7.40. The van der Waals surface area contributed by atoms with Crippen LogP contribution in [0.1, 0.15) is 17.3 Å². The van der Waals surface area contributed by atoms with E-state index in [1.807, 2.05) is 20.0 Å². The van der Waals surface area contributed by atoms with E-state index in [1.54, 1.807) is 29.1 Å². The zero-order valence-corrected chi connectivity index (χ0v) is 11.5. The molecular weight excluding hydrogens is 256 g/mol. The van der Waals surface area contributed by atoms with Crippen molar-refractivity contribution in [3.63, 3.8) is 0 Å². The van der Waals surface area contributed by atoms with E-state index >= 15 is 0 Å². The van der Waals surface area contributed by atoms with Gasteiger partial charge in [-0.2, -0.15) is 5.10 Å². The van der Waals surface area contributed by atoms with Crippen LogP contribution in [-0.4, -0.2) is 28.3 Å². The first kappa shape index (κ1) is 14.1. The van der Waals surface area contributed by atoms with Gasteiger partial charge in [-0.15, -0.1) is 0 Å². The van der Waals surface area contributed by atoms with Gasteiger partial charge in [-0.3, -0.25) is 9.48 Å². The van der Waals surface area contributed by atoms with Crippen molar-refractivity contribution in [3.05, 3.63) is 36.0 Å². The Morgan fingerprint density at radius 1 is 1.45 bits per heavy atom. The maximum absolute atomic E-state index is 11.3. The van der Waals surface area contributed by atoms with E-state index in [2.05, 4.69) is 5.10 Å². The Balaban J connectivity index is 2.46. The van der Waals surface area contributed by atoms with Crippen molar-refractivity contribution < 1.29 is 9.53 Å². The van der Waals surface area contributed by atoms with Crippen molar-refractivity contribution in [2.45, 2.75) is 13.0 Å². The molecule has 4 N–H and O–H groups in total. The molecule has 1 heterocycles. The van der Waals surface area contributed by atoms with Crippen molar-refractivity contribution in [2.24, 2.45) is 18.5 Å². The number of hydrogen-bond donors (Lipinski definition) is 2. The molecule has 0 bridgehead atoms. The summed E-state index contributed by atoms with van der Waals surface area (Å²) in [6, 6.07) is 6.84. The standard InChI is InChI=1S/C14H18N4O2/c1-9(15)8-20-13-4-3-10(14(16)19)7-11(13)12-5-6-17-18(12)2/h3-7,9H,8,15H2,1-2H3,(H2,16,19)/t9-/m1/s1. The van der Waals surface area contributed by atoms with Crippen molar-refractivity contribution >= 4 is 5.91 Å². The van der Waals surface area contributed by atoms with E-state index in [9.17, 15) is 4.79 Å². The summed E-state index contributed by atoms with van der Waals surface area (Å²) in [5, 5.41) is 4.12. The molecule has 106 valence electrons. The van der Waals surface area contributed by atoms with Crippen LogP contribution < -0.4 is 16.2 Å². The monoisotopic (exact) mass is 274 g/mol. The summed E-state index contributed by atoms with van der Waals surface area (Å²) in [6.45, 7) is 2.25. The molecule has 0 aliphatic rings. The minimum Gasteiger partial charge on any atom is -0.491 e. The largest absolute Gasteiger partial charge is 0.491 e. The van der Waals surface area contributed by atoms with E-state index in [0.717, 1.165) is 11.3 Å². The summed E-state index contributed by atoms with van der Waals surface area (Å²) in [5.41, 5.74) is 13.1. The fourth-order valence-electron chi connectivity index (χ4n) is 1.87. The molecular formula is C14H18N4O2. The van der Waals surface area contributed by atoms with Gasteiger partial charge in [0.15, 0.2) is 0 Å². The van der Waals surface area contributed by atoms with Gasteiger partial charge in [-0.25, -0.2) is 0 Å². The Labute approximate surface area is 117 Å². The molecule has 1 atom stereocenters. The summed E-state index contributed by atoms with van der Waals surface area (Å²) >= 11 is 0. The highest BCUT2D eigenvalue weighted by Crippen LogP contribution is 2.30. The molecule has 1 aromatic carbocycles. The molecule has 0 fully saturated rings. The lowest BCUT2D eigenvalue weighted by Crippen LogP contribution is -2.24. The quantitative estimate of drug-likeness (QED) is 0.847. The van der Waals surface area contributed by atoms with Crippen LogP contribution in [-0.2, 0) is 7.05 Å². The van der Waals surface area contributed by atoms with E-state index in [4.69, 9.17) is 16.2 Å². The molecule has 1 amide bonds. The molecule has 2 aromatic rings. The maximum Gasteiger partial charge on any atom is 0.248 e. The van der Waals surface area contributed by atoms with Gasteiger partial charge in [0.25, 0.3) is 0 Å². The van der Waals surface area contributed by atoms with Crippen LogP contribution in [0.25, 0.3) is 11.3 Å². The molecule has 0 aliphatic carbocycles. The van der Waals surface area contributed by atoms with Crippen LogP contribution in [0.3, 0.4) is 0 Å². The van der Waals surface area contributed by atoms with Crippen molar-refractivity contribution in [3.8, 4) is 17.0 Å². The fraction of sp³-hybridized carbons (Fsp3) is 0.286. The highest BCUT2D eigenvalue weighted by Gasteiger charge is 2.13. The molecule has 0 unspecified atom stereocenters. The lowest BCUT2D eigenvalue weighted by Gasteiger charge is -2.14. The number of nitrogens with two attached hydrogens (primary N) is 2. The topological polar surface area (TPSA) is 96.2 Å². The van der Waals surface area contributed by atoms with Crippen LogP contribution in [0.15, 0.2) is 30.5 Å². The first-order valence-corrected chi connectivity index (χ1v) is 6.29. The number of benzene rings is 1. The highest BCUT2D eigenvalue weighted by molar-refractivity contribution is 5.94. The van der Waals surface area contributed by atoms with Crippen LogP contribution in [0.4, 0.5) is 0 Å². The molecule has 0 spiro atoms. The molecule has 0 radical (unpaired) electrons. The molecule has 2 rings (SSSR count). The first-order valence-electron chi connectivity index (χ1n) is 6.29. The van der Waals surface area contributed by atoms with Crippen molar-refractivity contribution in [2.75, 3.05) is 6.61 Å². The second-order valence-corrected chi connectivity index (χ2v) is 4.70. The van der Waals surface area contributed by atoms with Gasteiger partial charge in [0, 0.05) is 30.4 Å². The normalized spacial score (nSPS) is 12.2. The zero-order chi connectivity index (χ0) is 14.7. The predicted molar refractivity (Wildman–Crippen MR) is 76.3 cm³/mol. The smallest absolute Gasteiger partial charge is 0.248 e. The summed E-state index contributed by atoms with van der Waals surface area (Å²) in [6.07, 6.45) is 1.68. The number of rotatable bonds is 5.